The quantitative estimate of drug-likeness (QED) is 0.803. The second-order valence-corrected chi connectivity index (χ2v) is 5.18. The smallest absolute Gasteiger partial charge is 0.340 e. The predicted octanol–water partition coefficient (Wildman–Crippen LogP) is 0.376. The first-order valence-electron chi connectivity index (χ1n) is 6.86. The van der Waals surface area contributed by atoms with Crippen LogP contribution in [0.4, 0.5) is 5.69 Å². The third-order valence-electron chi connectivity index (χ3n) is 3.56. The largest absolute Gasteiger partial charge is 0.461 e. The van der Waals surface area contributed by atoms with Gasteiger partial charge in [-0.25, -0.2) is 4.79 Å². The van der Waals surface area contributed by atoms with Gasteiger partial charge in [-0.05, 0) is 20.0 Å². The first-order valence-corrected chi connectivity index (χ1v) is 6.86. The van der Waals surface area contributed by atoms with Crippen LogP contribution in [0.3, 0.4) is 0 Å². The van der Waals surface area contributed by atoms with Crippen molar-refractivity contribution in [1.82, 2.24) is 14.8 Å². The van der Waals surface area contributed by atoms with Crippen molar-refractivity contribution >= 4 is 11.7 Å². The third kappa shape index (κ3) is 3.91. The number of likely N-dealkylation sites (N-methyl/N-ethyl adjacent to an activating group) is 1. The molecule has 0 unspecified atom stereocenters. The predicted molar refractivity (Wildman–Crippen MR) is 77.6 cm³/mol. The normalized spacial score (nSPS) is 17.1. The SMILES string of the molecule is Cc1ncc(N)cc1C(=O)OCCN1CCN(C)CC1. The van der Waals surface area contributed by atoms with Gasteiger partial charge < -0.3 is 15.4 Å². The van der Waals surface area contributed by atoms with E-state index in [0.29, 0.717) is 23.6 Å². The summed E-state index contributed by atoms with van der Waals surface area (Å²) in [6.07, 6.45) is 1.54. The lowest BCUT2D eigenvalue weighted by molar-refractivity contribution is 0.0431. The van der Waals surface area contributed by atoms with Crippen molar-refractivity contribution in [3.8, 4) is 0 Å². The van der Waals surface area contributed by atoms with Crippen LogP contribution in [0.25, 0.3) is 0 Å². The molecule has 1 aromatic rings. The molecule has 6 nitrogen and oxygen atoms in total. The van der Waals surface area contributed by atoms with E-state index in [1.165, 1.54) is 6.20 Å². The van der Waals surface area contributed by atoms with Crippen LogP contribution < -0.4 is 5.73 Å². The van der Waals surface area contributed by atoms with Crippen molar-refractivity contribution in [3.63, 3.8) is 0 Å². The molecule has 0 atom stereocenters. The first-order chi connectivity index (χ1) is 9.56. The Labute approximate surface area is 119 Å². The number of nitrogen functional groups attached to an aromatic ring is 1. The zero-order valence-electron chi connectivity index (χ0n) is 12.1. The lowest BCUT2D eigenvalue weighted by Gasteiger charge is -2.32. The van der Waals surface area contributed by atoms with E-state index in [1.54, 1.807) is 13.0 Å². The lowest BCUT2D eigenvalue weighted by Crippen LogP contribution is -2.45. The number of hydrogen-bond acceptors (Lipinski definition) is 6. The Morgan fingerprint density at radius 3 is 2.80 bits per heavy atom. The van der Waals surface area contributed by atoms with E-state index in [2.05, 4.69) is 21.8 Å². The number of nitrogens with zero attached hydrogens (tertiary/aromatic N) is 3. The summed E-state index contributed by atoms with van der Waals surface area (Å²) < 4.78 is 5.30. The Morgan fingerprint density at radius 2 is 2.10 bits per heavy atom. The summed E-state index contributed by atoms with van der Waals surface area (Å²) in [6, 6.07) is 1.61. The van der Waals surface area contributed by atoms with Crippen LogP contribution in [0.1, 0.15) is 16.1 Å². The molecule has 0 saturated carbocycles. The Hall–Kier alpha value is -1.66. The molecular weight excluding hydrogens is 256 g/mol. The summed E-state index contributed by atoms with van der Waals surface area (Å²) in [6.45, 7) is 7.11. The minimum absolute atomic E-state index is 0.351. The molecule has 1 saturated heterocycles. The number of aromatic nitrogens is 1. The molecular formula is C14H22N4O2. The van der Waals surface area contributed by atoms with Gasteiger partial charge in [0.1, 0.15) is 6.61 Å². The van der Waals surface area contributed by atoms with Crippen molar-refractivity contribution in [2.45, 2.75) is 6.92 Å². The number of piperazine rings is 1. The van der Waals surface area contributed by atoms with Crippen LogP contribution in [0.15, 0.2) is 12.3 Å². The molecule has 1 aromatic heterocycles. The third-order valence-corrected chi connectivity index (χ3v) is 3.56. The molecule has 20 heavy (non-hydrogen) atoms. The van der Waals surface area contributed by atoms with Crippen LogP contribution in [0.5, 0.6) is 0 Å². The first kappa shape index (κ1) is 14.7. The van der Waals surface area contributed by atoms with Crippen molar-refractivity contribution in [3.05, 3.63) is 23.5 Å². The van der Waals surface area contributed by atoms with Crippen LogP contribution in [0, 0.1) is 6.92 Å². The van der Waals surface area contributed by atoms with E-state index >= 15 is 0 Å². The van der Waals surface area contributed by atoms with E-state index in [-0.39, 0.29) is 5.97 Å². The van der Waals surface area contributed by atoms with Crippen molar-refractivity contribution in [2.75, 3.05) is 52.1 Å². The van der Waals surface area contributed by atoms with Gasteiger partial charge in [-0.3, -0.25) is 9.88 Å². The molecule has 2 N–H and O–H groups in total. The number of rotatable bonds is 4. The summed E-state index contributed by atoms with van der Waals surface area (Å²) in [4.78, 5) is 20.6. The maximum absolute atomic E-state index is 12.0. The molecule has 6 heteroatoms. The highest BCUT2D eigenvalue weighted by Gasteiger charge is 2.15. The van der Waals surface area contributed by atoms with Crippen LogP contribution >= 0.6 is 0 Å². The molecule has 1 fully saturated rings. The Balaban J connectivity index is 1.79. The van der Waals surface area contributed by atoms with E-state index < -0.39 is 0 Å². The number of pyridine rings is 1. The number of hydrogen-bond donors (Lipinski definition) is 1. The monoisotopic (exact) mass is 278 g/mol. The molecule has 1 aliphatic heterocycles. The summed E-state index contributed by atoms with van der Waals surface area (Å²) in [5.74, 6) is -0.351. The summed E-state index contributed by atoms with van der Waals surface area (Å²) in [5, 5.41) is 0. The number of anilines is 1. The lowest BCUT2D eigenvalue weighted by atomic mass is 10.2. The van der Waals surface area contributed by atoms with Crippen LogP contribution in [-0.2, 0) is 4.74 Å². The molecule has 1 aliphatic rings. The van der Waals surface area contributed by atoms with Gasteiger partial charge in [0.2, 0.25) is 0 Å². The van der Waals surface area contributed by atoms with Gasteiger partial charge in [0.05, 0.1) is 23.1 Å². The maximum atomic E-state index is 12.0. The van der Waals surface area contributed by atoms with E-state index in [0.717, 1.165) is 32.7 Å². The highest BCUT2D eigenvalue weighted by Crippen LogP contribution is 2.11. The fourth-order valence-electron chi connectivity index (χ4n) is 2.17. The Morgan fingerprint density at radius 1 is 1.40 bits per heavy atom. The average molecular weight is 278 g/mol. The Bertz CT molecular complexity index is 470. The van der Waals surface area contributed by atoms with E-state index in [9.17, 15) is 4.79 Å². The number of ether oxygens (including phenoxy) is 1. The average Bonchev–Trinajstić information content (AvgIpc) is 2.43. The van der Waals surface area contributed by atoms with Gasteiger partial charge in [-0.15, -0.1) is 0 Å². The van der Waals surface area contributed by atoms with Gasteiger partial charge in [0, 0.05) is 32.7 Å². The number of aryl methyl sites for hydroxylation is 1. The standard InChI is InChI=1S/C14H22N4O2/c1-11-13(9-12(15)10-16-11)14(19)20-8-7-18-5-3-17(2)4-6-18/h9-10H,3-8,15H2,1-2H3. The number of nitrogens with two attached hydrogens (primary N) is 1. The van der Waals surface area contributed by atoms with Gasteiger partial charge in [-0.2, -0.15) is 0 Å². The molecule has 110 valence electrons. The molecule has 0 bridgehead atoms. The highest BCUT2D eigenvalue weighted by molar-refractivity contribution is 5.91. The fraction of sp³-hybridized carbons (Fsp3) is 0.571. The molecule has 0 radical (unpaired) electrons. The summed E-state index contributed by atoms with van der Waals surface area (Å²) in [7, 11) is 2.12. The zero-order valence-corrected chi connectivity index (χ0v) is 12.1. The van der Waals surface area contributed by atoms with E-state index in [4.69, 9.17) is 10.5 Å². The van der Waals surface area contributed by atoms with Crippen molar-refractivity contribution in [2.24, 2.45) is 0 Å². The molecule has 0 aromatic carbocycles. The zero-order chi connectivity index (χ0) is 14.5. The fourth-order valence-corrected chi connectivity index (χ4v) is 2.17. The Kier molecular flexibility index (Phi) is 4.92. The summed E-state index contributed by atoms with van der Waals surface area (Å²) >= 11 is 0. The number of carbonyl (C=O) groups is 1. The maximum Gasteiger partial charge on any atom is 0.340 e. The van der Waals surface area contributed by atoms with Crippen molar-refractivity contribution < 1.29 is 9.53 Å². The highest BCUT2D eigenvalue weighted by atomic mass is 16.5. The molecule has 0 spiro atoms. The molecule has 0 aliphatic carbocycles. The number of carbonyl (C=O) groups excluding carboxylic acids is 1. The minimum atomic E-state index is -0.351. The molecule has 2 heterocycles. The second-order valence-electron chi connectivity index (χ2n) is 5.18. The molecule has 0 amide bonds. The van der Waals surface area contributed by atoms with E-state index in [1.807, 2.05) is 0 Å². The summed E-state index contributed by atoms with van der Waals surface area (Å²) in [5.41, 5.74) is 7.20. The van der Waals surface area contributed by atoms with Crippen LogP contribution in [0.2, 0.25) is 0 Å². The van der Waals surface area contributed by atoms with Gasteiger partial charge >= 0.3 is 5.97 Å². The van der Waals surface area contributed by atoms with Gasteiger partial charge in [0.15, 0.2) is 0 Å². The number of esters is 1. The van der Waals surface area contributed by atoms with Crippen molar-refractivity contribution in [1.29, 1.82) is 0 Å². The van der Waals surface area contributed by atoms with Gasteiger partial charge in [-0.1, -0.05) is 0 Å². The van der Waals surface area contributed by atoms with Gasteiger partial charge in [0.25, 0.3) is 0 Å². The minimum Gasteiger partial charge on any atom is -0.461 e. The molecule has 2 rings (SSSR count). The topological polar surface area (TPSA) is 71.7 Å². The van der Waals surface area contributed by atoms with Crippen LogP contribution in [-0.4, -0.2) is 67.1 Å². The second kappa shape index (κ2) is 6.67.